The molecule has 9 nitrogen and oxygen atoms in total. The molecule has 4 rings (SSSR count). The third-order valence-corrected chi connectivity index (χ3v) is 6.08. The standard InChI is InChI=1S/C22H21N5O4S/c1-15-12-19(8-9-20(15)30-3)32(28,29)26-17-4-6-18(7-5-17)31-22-13-21(24-14-25-22)27-11-10-23-16(27)2/h4-14,26H,1-3H3. The van der Waals surface area contributed by atoms with Gasteiger partial charge in [-0.3, -0.25) is 9.29 Å². The van der Waals surface area contributed by atoms with Gasteiger partial charge < -0.3 is 9.47 Å². The Bertz CT molecular complexity index is 1350. The van der Waals surface area contributed by atoms with Gasteiger partial charge in [0.15, 0.2) is 0 Å². The Morgan fingerprint density at radius 1 is 0.969 bits per heavy atom. The second-order valence-corrected chi connectivity index (χ2v) is 8.60. The van der Waals surface area contributed by atoms with Gasteiger partial charge in [-0.2, -0.15) is 0 Å². The van der Waals surface area contributed by atoms with Crippen molar-refractivity contribution in [2.24, 2.45) is 0 Å². The molecule has 0 aliphatic heterocycles. The molecule has 32 heavy (non-hydrogen) atoms. The fraction of sp³-hybridized carbons (Fsp3) is 0.136. The highest BCUT2D eigenvalue weighted by Gasteiger charge is 2.16. The summed E-state index contributed by atoms with van der Waals surface area (Å²) in [5.41, 5.74) is 1.14. The molecule has 0 saturated carbocycles. The molecule has 0 aliphatic rings. The number of aromatic nitrogens is 4. The number of benzene rings is 2. The van der Waals surface area contributed by atoms with Crippen LogP contribution >= 0.6 is 0 Å². The van der Waals surface area contributed by atoms with Crippen LogP contribution in [0.5, 0.6) is 17.4 Å². The largest absolute Gasteiger partial charge is 0.496 e. The molecule has 0 radical (unpaired) electrons. The summed E-state index contributed by atoms with van der Waals surface area (Å²) in [6.07, 6.45) is 4.89. The summed E-state index contributed by atoms with van der Waals surface area (Å²) >= 11 is 0. The van der Waals surface area contributed by atoms with E-state index in [2.05, 4.69) is 19.7 Å². The number of rotatable bonds is 7. The minimum Gasteiger partial charge on any atom is -0.496 e. The maximum absolute atomic E-state index is 12.7. The number of nitrogens with zero attached hydrogens (tertiary/aromatic N) is 4. The zero-order valence-corrected chi connectivity index (χ0v) is 18.5. The lowest BCUT2D eigenvalue weighted by molar-refractivity contribution is 0.411. The molecule has 2 aromatic heterocycles. The van der Waals surface area contributed by atoms with Gasteiger partial charge in [-0.15, -0.1) is 0 Å². The van der Waals surface area contributed by atoms with Gasteiger partial charge in [0.1, 0.15) is 29.5 Å². The van der Waals surface area contributed by atoms with E-state index in [-0.39, 0.29) is 4.90 Å². The van der Waals surface area contributed by atoms with Gasteiger partial charge in [0.05, 0.1) is 12.0 Å². The molecule has 0 bridgehead atoms. The van der Waals surface area contributed by atoms with Crippen LogP contribution in [0, 0.1) is 13.8 Å². The van der Waals surface area contributed by atoms with Crippen molar-refractivity contribution in [1.29, 1.82) is 0 Å². The number of sulfonamides is 1. The number of ether oxygens (including phenoxy) is 2. The number of nitrogens with one attached hydrogen (secondary N) is 1. The van der Waals surface area contributed by atoms with Gasteiger partial charge in [0.2, 0.25) is 5.88 Å². The highest BCUT2D eigenvalue weighted by Crippen LogP contribution is 2.26. The first-order valence-electron chi connectivity index (χ1n) is 9.63. The molecule has 0 atom stereocenters. The van der Waals surface area contributed by atoms with Crippen LogP contribution in [-0.2, 0) is 10.0 Å². The molecule has 0 unspecified atom stereocenters. The first-order chi connectivity index (χ1) is 15.4. The Morgan fingerprint density at radius 2 is 1.75 bits per heavy atom. The number of anilines is 1. The van der Waals surface area contributed by atoms with Crippen molar-refractivity contribution in [3.05, 3.63) is 78.6 Å². The number of imidazole rings is 1. The summed E-state index contributed by atoms with van der Waals surface area (Å²) in [4.78, 5) is 12.7. The molecule has 0 aliphatic carbocycles. The second-order valence-electron chi connectivity index (χ2n) is 6.92. The monoisotopic (exact) mass is 451 g/mol. The van der Waals surface area contributed by atoms with Crippen molar-refractivity contribution < 1.29 is 17.9 Å². The van der Waals surface area contributed by atoms with E-state index in [1.165, 1.54) is 12.4 Å². The van der Waals surface area contributed by atoms with Crippen LogP contribution in [0.4, 0.5) is 5.69 Å². The van der Waals surface area contributed by atoms with E-state index in [0.717, 1.165) is 11.4 Å². The Morgan fingerprint density at radius 3 is 2.41 bits per heavy atom. The van der Waals surface area contributed by atoms with E-state index in [1.54, 1.807) is 68.9 Å². The van der Waals surface area contributed by atoms with Gasteiger partial charge >= 0.3 is 0 Å². The summed E-state index contributed by atoms with van der Waals surface area (Å²) in [6.45, 7) is 3.66. The van der Waals surface area contributed by atoms with Crippen LogP contribution in [0.3, 0.4) is 0 Å². The molecule has 1 N–H and O–H groups in total. The summed E-state index contributed by atoms with van der Waals surface area (Å²) in [5, 5.41) is 0. The molecule has 0 fully saturated rings. The summed E-state index contributed by atoms with van der Waals surface area (Å²) in [6, 6.07) is 12.9. The van der Waals surface area contributed by atoms with Crippen LogP contribution < -0.4 is 14.2 Å². The fourth-order valence-electron chi connectivity index (χ4n) is 3.08. The predicted molar refractivity (Wildman–Crippen MR) is 119 cm³/mol. The zero-order chi connectivity index (χ0) is 22.7. The number of methoxy groups -OCH3 is 1. The van der Waals surface area contributed by atoms with Gasteiger partial charge in [-0.05, 0) is 61.9 Å². The molecule has 2 heterocycles. The molecule has 10 heteroatoms. The fourth-order valence-corrected chi connectivity index (χ4v) is 4.22. The lowest BCUT2D eigenvalue weighted by Gasteiger charge is -2.11. The third-order valence-electron chi connectivity index (χ3n) is 4.71. The van der Waals surface area contributed by atoms with Crippen molar-refractivity contribution in [3.63, 3.8) is 0 Å². The third kappa shape index (κ3) is 4.54. The quantitative estimate of drug-likeness (QED) is 0.454. The highest BCUT2D eigenvalue weighted by molar-refractivity contribution is 7.92. The first kappa shape index (κ1) is 21.3. The van der Waals surface area contributed by atoms with Crippen molar-refractivity contribution in [3.8, 4) is 23.2 Å². The van der Waals surface area contributed by atoms with Gasteiger partial charge in [-0.25, -0.2) is 23.4 Å². The number of hydrogen-bond donors (Lipinski definition) is 1. The molecule has 2 aromatic carbocycles. The Labute approximate surface area is 185 Å². The highest BCUT2D eigenvalue weighted by atomic mass is 32.2. The molecule has 0 saturated heterocycles. The lowest BCUT2D eigenvalue weighted by Crippen LogP contribution is -2.13. The van der Waals surface area contributed by atoms with Gasteiger partial charge in [0.25, 0.3) is 10.0 Å². The van der Waals surface area contributed by atoms with Crippen molar-refractivity contribution in [2.75, 3.05) is 11.8 Å². The molecule has 0 spiro atoms. The summed E-state index contributed by atoms with van der Waals surface area (Å²) in [7, 11) is -2.20. The van der Waals surface area contributed by atoms with Crippen LogP contribution in [0.25, 0.3) is 5.82 Å². The van der Waals surface area contributed by atoms with Crippen LogP contribution in [0.1, 0.15) is 11.4 Å². The second kappa shape index (κ2) is 8.67. The van der Waals surface area contributed by atoms with E-state index < -0.39 is 10.0 Å². The van der Waals surface area contributed by atoms with Crippen molar-refractivity contribution in [2.45, 2.75) is 18.7 Å². The Kier molecular flexibility index (Phi) is 5.78. The van der Waals surface area contributed by atoms with E-state index >= 15 is 0 Å². The molecule has 0 amide bonds. The van der Waals surface area contributed by atoms with Crippen LogP contribution in [0.2, 0.25) is 0 Å². The average molecular weight is 452 g/mol. The van der Waals surface area contributed by atoms with Crippen molar-refractivity contribution >= 4 is 15.7 Å². The zero-order valence-electron chi connectivity index (χ0n) is 17.7. The molecule has 4 aromatic rings. The predicted octanol–water partition coefficient (Wildman–Crippen LogP) is 3.88. The number of aryl methyl sites for hydroxylation is 2. The van der Waals surface area contributed by atoms with E-state index in [4.69, 9.17) is 9.47 Å². The van der Waals surface area contributed by atoms with Gasteiger partial charge in [-0.1, -0.05) is 0 Å². The average Bonchev–Trinajstić information content (AvgIpc) is 3.21. The Hall–Kier alpha value is -3.92. The normalized spacial score (nSPS) is 11.2. The van der Waals surface area contributed by atoms with E-state index in [1.807, 2.05) is 11.5 Å². The molecule has 164 valence electrons. The summed E-state index contributed by atoms with van der Waals surface area (Å²) < 4.78 is 40.8. The van der Waals surface area contributed by atoms with Crippen molar-refractivity contribution in [1.82, 2.24) is 19.5 Å². The lowest BCUT2D eigenvalue weighted by atomic mass is 10.2. The smallest absolute Gasteiger partial charge is 0.261 e. The SMILES string of the molecule is COc1ccc(S(=O)(=O)Nc2ccc(Oc3cc(-n4ccnc4C)ncn3)cc2)cc1C. The van der Waals surface area contributed by atoms with E-state index in [0.29, 0.717) is 28.9 Å². The molecular formula is C22H21N5O4S. The summed E-state index contributed by atoms with van der Waals surface area (Å²) in [5.74, 6) is 2.90. The number of hydrogen-bond acceptors (Lipinski definition) is 7. The first-order valence-corrected chi connectivity index (χ1v) is 11.1. The minimum atomic E-state index is -3.74. The maximum atomic E-state index is 12.7. The molecular weight excluding hydrogens is 430 g/mol. The maximum Gasteiger partial charge on any atom is 0.261 e. The van der Waals surface area contributed by atoms with E-state index in [9.17, 15) is 8.42 Å². The topological polar surface area (TPSA) is 108 Å². The van der Waals surface area contributed by atoms with Gasteiger partial charge in [0, 0.05) is 24.1 Å². The minimum absolute atomic E-state index is 0.152. The Balaban J connectivity index is 1.48. The van der Waals surface area contributed by atoms with Crippen LogP contribution in [0.15, 0.2) is 72.1 Å². The van der Waals surface area contributed by atoms with Crippen LogP contribution in [-0.4, -0.2) is 35.0 Å².